The summed E-state index contributed by atoms with van der Waals surface area (Å²) in [5.74, 6) is -0.434. The number of rotatable bonds is 11. The maximum absolute atomic E-state index is 13.9. The molecule has 1 fully saturated rings. The normalized spacial score (nSPS) is 18.8. The van der Waals surface area contributed by atoms with Crippen LogP contribution in [0.2, 0.25) is 0 Å². The van der Waals surface area contributed by atoms with Gasteiger partial charge in [-0.1, -0.05) is 48.5 Å². The van der Waals surface area contributed by atoms with Gasteiger partial charge in [-0.3, -0.25) is 23.7 Å². The molecular weight excluding hydrogens is 529 g/mol. The summed E-state index contributed by atoms with van der Waals surface area (Å²) in [5.41, 5.74) is -1.51. The van der Waals surface area contributed by atoms with Crippen LogP contribution in [0, 0.1) is 6.92 Å². The standard InChI is InChI=1S/C26H30N3O9P/c1-18-14-29(25(32)27-23(18)30)21-16-34-22(37-21)17-36-39(33,38-20-12-8-5-9-13-20)28-26(2,3)24(31)35-15-19-10-6-4-7-11-19/h4-14,21-22H,15-17H2,1-3H3,(H,28,33)(H,27,30,32)/t21-,22-,39?/m1/s1. The third-order valence-corrected chi connectivity index (χ3v) is 7.45. The Morgan fingerprint density at radius 2 is 1.79 bits per heavy atom. The van der Waals surface area contributed by atoms with Crippen LogP contribution in [-0.4, -0.2) is 40.6 Å². The fourth-order valence-electron chi connectivity index (χ4n) is 3.63. The van der Waals surface area contributed by atoms with Crippen LogP contribution in [-0.2, 0) is 34.7 Å². The minimum atomic E-state index is -4.21. The highest BCUT2D eigenvalue weighted by atomic mass is 31.2. The highest BCUT2D eigenvalue weighted by molar-refractivity contribution is 7.52. The zero-order valence-corrected chi connectivity index (χ0v) is 22.6. The molecule has 0 aliphatic carbocycles. The molecule has 1 aliphatic heterocycles. The largest absolute Gasteiger partial charge is 0.459 e. The first-order valence-corrected chi connectivity index (χ1v) is 13.7. The number of para-hydroxylation sites is 1. The number of H-pyrrole nitrogens is 1. The van der Waals surface area contributed by atoms with E-state index in [1.807, 2.05) is 30.3 Å². The van der Waals surface area contributed by atoms with E-state index >= 15 is 0 Å². The van der Waals surface area contributed by atoms with Gasteiger partial charge < -0.3 is 18.7 Å². The fourth-order valence-corrected chi connectivity index (χ4v) is 5.28. The van der Waals surface area contributed by atoms with Gasteiger partial charge >= 0.3 is 19.4 Å². The third-order valence-electron chi connectivity index (χ3n) is 5.68. The predicted molar refractivity (Wildman–Crippen MR) is 140 cm³/mol. The summed E-state index contributed by atoms with van der Waals surface area (Å²) in [7, 11) is -4.21. The van der Waals surface area contributed by atoms with Crippen LogP contribution in [0.15, 0.2) is 76.4 Å². The van der Waals surface area contributed by atoms with Crippen molar-refractivity contribution in [3.8, 4) is 5.75 Å². The first-order valence-electron chi connectivity index (χ1n) is 12.1. The summed E-state index contributed by atoms with van der Waals surface area (Å²) >= 11 is 0. The minimum Gasteiger partial charge on any atom is -0.459 e. The number of carbonyl (C=O) groups is 1. The molecule has 1 aromatic heterocycles. The van der Waals surface area contributed by atoms with Crippen LogP contribution in [0.25, 0.3) is 0 Å². The molecule has 12 nitrogen and oxygen atoms in total. The molecule has 1 saturated heterocycles. The lowest BCUT2D eigenvalue weighted by molar-refractivity contribution is -0.151. The Morgan fingerprint density at radius 1 is 1.13 bits per heavy atom. The molecule has 1 aliphatic rings. The number of aromatic nitrogens is 2. The zero-order valence-electron chi connectivity index (χ0n) is 21.7. The summed E-state index contributed by atoms with van der Waals surface area (Å²) in [6.45, 7) is 4.20. The van der Waals surface area contributed by atoms with Crippen molar-refractivity contribution in [2.24, 2.45) is 0 Å². The molecule has 2 heterocycles. The van der Waals surface area contributed by atoms with E-state index in [2.05, 4.69) is 10.1 Å². The molecule has 3 atom stereocenters. The lowest BCUT2D eigenvalue weighted by Gasteiger charge is -2.29. The Hall–Kier alpha value is -3.54. The SMILES string of the molecule is Cc1cn([C@H]2CO[C@@H](COP(=O)(NC(C)(C)C(=O)OCc3ccccc3)Oc3ccccc3)O2)c(=O)[nH]c1=O. The molecule has 0 saturated carbocycles. The molecule has 13 heteroatoms. The number of hydrogen-bond donors (Lipinski definition) is 2. The number of esters is 1. The van der Waals surface area contributed by atoms with Gasteiger partial charge in [-0.15, -0.1) is 0 Å². The van der Waals surface area contributed by atoms with Crippen molar-refractivity contribution in [1.29, 1.82) is 0 Å². The Kier molecular flexibility index (Phi) is 8.83. The van der Waals surface area contributed by atoms with Crippen LogP contribution >= 0.6 is 7.75 Å². The molecule has 208 valence electrons. The lowest BCUT2D eigenvalue weighted by atomic mass is 10.1. The second-order valence-corrected chi connectivity index (χ2v) is 11.0. The Morgan fingerprint density at radius 3 is 2.49 bits per heavy atom. The van der Waals surface area contributed by atoms with Crippen molar-refractivity contribution in [3.05, 3.63) is 98.8 Å². The smallest absolute Gasteiger partial charge is 0.459 e. The van der Waals surface area contributed by atoms with Crippen LogP contribution in [0.3, 0.4) is 0 Å². The highest BCUT2D eigenvalue weighted by Gasteiger charge is 2.41. The third kappa shape index (κ3) is 7.53. The first kappa shape index (κ1) is 28.5. The van der Waals surface area contributed by atoms with Gasteiger partial charge in [0.15, 0.2) is 12.5 Å². The number of ether oxygens (including phenoxy) is 3. The van der Waals surface area contributed by atoms with E-state index in [0.717, 1.165) is 5.56 Å². The molecule has 2 N–H and O–H groups in total. The van der Waals surface area contributed by atoms with Crippen molar-refractivity contribution in [2.45, 2.75) is 45.4 Å². The van der Waals surface area contributed by atoms with Gasteiger partial charge in [0.2, 0.25) is 0 Å². The molecule has 0 amide bonds. The predicted octanol–water partition coefficient (Wildman–Crippen LogP) is 3.03. The van der Waals surface area contributed by atoms with Gasteiger partial charge in [0.25, 0.3) is 5.56 Å². The number of nitrogens with zero attached hydrogens (tertiary/aromatic N) is 1. The lowest BCUT2D eigenvalue weighted by Crippen LogP contribution is -2.47. The Bertz CT molecular complexity index is 1440. The van der Waals surface area contributed by atoms with Crippen molar-refractivity contribution < 1.29 is 32.6 Å². The molecule has 2 aromatic carbocycles. The first-order chi connectivity index (χ1) is 18.5. The van der Waals surface area contributed by atoms with E-state index in [1.165, 1.54) is 24.6 Å². The molecule has 3 aromatic rings. The average molecular weight is 560 g/mol. The minimum absolute atomic E-state index is 0.0198. The van der Waals surface area contributed by atoms with E-state index in [1.54, 1.807) is 37.3 Å². The maximum atomic E-state index is 13.9. The summed E-state index contributed by atoms with van der Waals surface area (Å²) in [4.78, 5) is 39.0. The van der Waals surface area contributed by atoms with Gasteiger partial charge in [0, 0.05) is 11.8 Å². The second-order valence-electron chi connectivity index (χ2n) is 9.33. The summed E-state index contributed by atoms with van der Waals surface area (Å²) in [6, 6.07) is 17.5. The molecule has 0 spiro atoms. The molecule has 0 bridgehead atoms. The van der Waals surface area contributed by atoms with Gasteiger partial charge in [-0.2, -0.15) is 5.09 Å². The number of nitrogens with one attached hydrogen (secondary N) is 2. The number of hydrogen-bond acceptors (Lipinski definition) is 9. The molecule has 1 unspecified atom stereocenters. The summed E-state index contributed by atoms with van der Waals surface area (Å²) in [5, 5.41) is 2.67. The van der Waals surface area contributed by atoms with Gasteiger partial charge in [0.1, 0.15) is 24.5 Å². The quantitative estimate of drug-likeness (QED) is 0.265. The molecule has 0 radical (unpaired) electrons. The maximum Gasteiger partial charge on any atom is 0.459 e. The number of aryl methyl sites for hydroxylation is 1. The van der Waals surface area contributed by atoms with Crippen molar-refractivity contribution in [2.75, 3.05) is 13.2 Å². The summed E-state index contributed by atoms with van der Waals surface area (Å²) < 4.78 is 43.1. The van der Waals surface area contributed by atoms with E-state index < -0.39 is 43.0 Å². The highest BCUT2D eigenvalue weighted by Crippen LogP contribution is 2.47. The monoisotopic (exact) mass is 559 g/mol. The van der Waals surface area contributed by atoms with Crippen molar-refractivity contribution >= 4 is 13.7 Å². The van der Waals surface area contributed by atoms with Crippen LogP contribution in [0.5, 0.6) is 5.75 Å². The zero-order chi connectivity index (χ0) is 28.0. The van der Waals surface area contributed by atoms with E-state index in [0.29, 0.717) is 5.56 Å². The second kappa shape index (κ2) is 12.1. The number of carbonyl (C=O) groups excluding carboxylic acids is 1. The summed E-state index contributed by atoms with van der Waals surface area (Å²) in [6.07, 6.45) is -0.488. The van der Waals surface area contributed by atoms with Gasteiger partial charge in [-0.05, 0) is 38.5 Å². The topological polar surface area (TPSA) is 147 Å². The van der Waals surface area contributed by atoms with Crippen molar-refractivity contribution in [3.63, 3.8) is 0 Å². The fraction of sp³-hybridized carbons (Fsp3) is 0.346. The Balaban J connectivity index is 1.44. The molecular formula is C26H30N3O9P. The number of aromatic amines is 1. The van der Waals surface area contributed by atoms with Gasteiger partial charge in [0.05, 0.1) is 6.61 Å². The van der Waals surface area contributed by atoms with E-state index in [9.17, 15) is 18.9 Å². The van der Waals surface area contributed by atoms with Gasteiger partial charge in [-0.25, -0.2) is 9.36 Å². The molecule has 4 rings (SSSR count). The average Bonchev–Trinajstić information content (AvgIpc) is 3.38. The van der Waals surface area contributed by atoms with Crippen LogP contribution < -0.4 is 20.9 Å². The van der Waals surface area contributed by atoms with Crippen LogP contribution in [0.1, 0.15) is 31.2 Å². The Labute approximate surface area is 224 Å². The molecule has 39 heavy (non-hydrogen) atoms. The van der Waals surface area contributed by atoms with E-state index in [4.69, 9.17) is 23.3 Å². The van der Waals surface area contributed by atoms with Crippen LogP contribution in [0.4, 0.5) is 0 Å². The van der Waals surface area contributed by atoms with E-state index in [-0.39, 0.29) is 25.6 Å². The van der Waals surface area contributed by atoms with Crippen molar-refractivity contribution in [1.82, 2.24) is 14.6 Å². The number of benzene rings is 2.